The van der Waals surface area contributed by atoms with E-state index in [0.29, 0.717) is 57.9 Å². The molecule has 44 heavy (non-hydrogen) atoms. The third kappa shape index (κ3) is 7.55. The van der Waals surface area contributed by atoms with E-state index >= 15 is 4.39 Å². The minimum atomic E-state index is -0.670. The fourth-order valence-electron chi connectivity index (χ4n) is 5.11. The number of aromatic amines is 1. The minimum Gasteiger partial charge on any atom is -1.00 e. The van der Waals surface area contributed by atoms with Gasteiger partial charge in [0.05, 0.1) is 17.8 Å². The number of aromatic nitrogens is 4. The first-order valence-corrected chi connectivity index (χ1v) is 14.4. The quantitative estimate of drug-likeness (QED) is 0.250. The molecular weight excluding hydrogens is 586 g/mol. The van der Waals surface area contributed by atoms with Crippen molar-refractivity contribution < 1.29 is 66.5 Å². The molecule has 2 heterocycles. The molecule has 8 nitrogen and oxygen atoms in total. The van der Waals surface area contributed by atoms with Gasteiger partial charge in [-0.05, 0) is 68.5 Å². The summed E-state index contributed by atoms with van der Waals surface area (Å²) < 4.78 is 27.9. The zero-order valence-electron chi connectivity index (χ0n) is 27.0. The Kier molecular flexibility index (Phi) is 11.0. The van der Waals surface area contributed by atoms with E-state index in [1.807, 2.05) is 71.0 Å². The molecule has 0 amide bonds. The molecule has 0 saturated heterocycles. The first kappa shape index (κ1) is 33.7. The normalized spacial score (nSPS) is 11.3. The van der Waals surface area contributed by atoms with E-state index < -0.39 is 11.6 Å². The van der Waals surface area contributed by atoms with Crippen LogP contribution in [0.5, 0.6) is 5.75 Å². The molecule has 5 rings (SSSR count). The van der Waals surface area contributed by atoms with E-state index in [4.69, 9.17) is 9.72 Å². The van der Waals surface area contributed by atoms with Crippen LogP contribution < -0.4 is 67.4 Å². The maximum Gasteiger partial charge on any atom is 1.00 e. The second-order valence-corrected chi connectivity index (χ2v) is 11.4. The predicted molar refractivity (Wildman–Crippen MR) is 166 cm³/mol. The first-order chi connectivity index (χ1) is 20.6. The molecule has 0 aliphatic rings. The van der Waals surface area contributed by atoms with Crippen molar-refractivity contribution in [1.82, 2.24) is 19.7 Å². The van der Waals surface area contributed by atoms with Crippen molar-refractivity contribution in [2.75, 3.05) is 0 Å². The van der Waals surface area contributed by atoms with Crippen LogP contribution in [0.15, 0.2) is 80.8 Å². The van der Waals surface area contributed by atoms with E-state index in [0.717, 1.165) is 12.0 Å². The Morgan fingerprint density at radius 3 is 2.25 bits per heavy atom. The van der Waals surface area contributed by atoms with Gasteiger partial charge in [0, 0.05) is 17.5 Å². The topological polar surface area (TPSA) is 103 Å². The summed E-state index contributed by atoms with van der Waals surface area (Å²) in [6.45, 7) is 9.98. The van der Waals surface area contributed by atoms with Crippen molar-refractivity contribution in [1.29, 1.82) is 0 Å². The van der Waals surface area contributed by atoms with Crippen molar-refractivity contribution in [3.05, 3.63) is 111 Å². The smallest absolute Gasteiger partial charge is 1.00 e. The van der Waals surface area contributed by atoms with Crippen LogP contribution in [0.25, 0.3) is 33.6 Å². The first-order valence-electron chi connectivity index (χ1n) is 14.4. The number of H-pyrrole nitrogens is 1. The molecular formula is C34H36FKN4O4. The molecule has 0 aliphatic carbocycles. The van der Waals surface area contributed by atoms with Crippen molar-refractivity contribution in [3.8, 4) is 39.4 Å². The molecule has 5 aromatic rings. The number of rotatable bonds is 9. The maximum absolute atomic E-state index is 15.7. The number of hydrogen-bond donors (Lipinski definition) is 1. The van der Waals surface area contributed by atoms with E-state index in [-0.39, 0.29) is 76.3 Å². The van der Waals surface area contributed by atoms with Crippen LogP contribution >= 0.6 is 0 Å². The second kappa shape index (κ2) is 14.3. The summed E-state index contributed by atoms with van der Waals surface area (Å²) in [7, 11) is 0. The zero-order chi connectivity index (χ0) is 30.7. The van der Waals surface area contributed by atoms with Crippen molar-refractivity contribution >= 4 is 0 Å². The molecule has 0 aliphatic heterocycles. The Labute approximate surface area is 299 Å². The minimum absolute atomic E-state index is 0. The number of ether oxygens (including phenoxy) is 1. The number of hydrogen-bond acceptors (Lipinski definition) is 6. The van der Waals surface area contributed by atoms with Crippen LogP contribution in [0.4, 0.5) is 4.39 Å². The van der Waals surface area contributed by atoms with E-state index in [9.17, 15) is 9.59 Å². The van der Waals surface area contributed by atoms with Gasteiger partial charge in [-0.15, -0.1) is 0 Å². The average Bonchev–Trinajstić information content (AvgIpc) is 3.41. The van der Waals surface area contributed by atoms with Crippen molar-refractivity contribution in [2.45, 2.75) is 66.0 Å². The number of nitrogens with zero attached hydrogens (tertiary/aromatic N) is 3. The van der Waals surface area contributed by atoms with Crippen molar-refractivity contribution in [3.63, 3.8) is 0 Å². The Balaban J connectivity index is 0.00000276. The third-order valence-corrected chi connectivity index (χ3v) is 7.01. The van der Waals surface area contributed by atoms with Gasteiger partial charge in [-0.1, -0.05) is 67.5 Å². The second-order valence-electron chi connectivity index (χ2n) is 11.4. The van der Waals surface area contributed by atoms with Gasteiger partial charge in [0.1, 0.15) is 23.0 Å². The van der Waals surface area contributed by atoms with Crippen LogP contribution in [0.1, 0.15) is 59.5 Å². The number of benzene rings is 3. The summed E-state index contributed by atoms with van der Waals surface area (Å²) >= 11 is 0. The number of halogens is 1. The molecule has 224 valence electrons. The van der Waals surface area contributed by atoms with Gasteiger partial charge in [0.25, 0.3) is 5.56 Å². The predicted octanol–water partition coefficient (Wildman–Crippen LogP) is 3.92. The van der Waals surface area contributed by atoms with Crippen LogP contribution in [0, 0.1) is 5.82 Å². The summed E-state index contributed by atoms with van der Waals surface area (Å²) in [6, 6.07) is 19.6. The molecule has 0 unspecified atom stereocenters. The number of nitrogens with one attached hydrogen (secondary N) is 1. The molecule has 2 aromatic heterocycles. The van der Waals surface area contributed by atoms with Crippen molar-refractivity contribution in [2.24, 2.45) is 0 Å². The molecule has 0 spiro atoms. The molecule has 10 heteroatoms. The molecule has 0 bridgehead atoms. The SMILES string of the molecule is CCCc1nc(CC)c(-c2ccc(OC(C)(C)C)cc2)c(=O)n1Cc1ccc(-c2ccccc2-c2noc(=O)[nH]2)cc1F.[H-].[K+]. The standard InChI is InChI=1S/C34H35FN4O4.K.H/c1-6-10-29-36-28(7-2)30(21-15-17-24(18-16-21)42-34(3,4)5)32(40)39(29)20-23-14-13-22(19-27(23)35)25-11-8-9-12-26(25)31-37-33(41)43-38-31;;/h8-9,11-19H,6-7,10,20H2,1-5H3,(H,37,38,41);;/q;+1;-1. The summed E-state index contributed by atoms with van der Waals surface area (Å²) in [5.74, 6) is 0.470. The Morgan fingerprint density at radius 2 is 1.66 bits per heavy atom. The Hall–Kier alpha value is -3.15. The zero-order valence-corrected chi connectivity index (χ0v) is 29.2. The van der Waals surface area contributed by atoms with Crippen LogP contribution in [0.2, 0.25) is 0 Å². The van der Waals surface area contributed by atoms with Gasteiger partial charge < -0.3 is 6.16 Å². The molecule has 0 fully saturated rings. The molecule has 0 radical (unpaired) electrons. The van der Waals surface area contributed by atoms with Gasteiger partial charge >= 0.3 is 57.1 Å². The van der Waals surface area contributed by atoms with Gasteiger partial charge in [-0.2, -0.15) is 0 Å². The Bertz CT molecular complexity index is 1880. The fraction of sp³-hybridized carbons (Fsp3) is 0.294. The van der Waals surface area contributed by atoms with Crippen LogP contribution in [0.3, 0.4) is 0 Å². The molecule has 0 atom stereocenters. The van der Waals surface area contributed by atoms with E-state index in [1.54, 1.807) is 28.8 Å². The van der Waals surface area contributed by atoms with E-state index in [1.165, 1.54) is 6.07 Å². The summed E-state index contributed by atoms with van der Waals surface area (Å²) in [6.07, 6.45) is 1.96. The van der Waals surface area contributed by atoms with Gasteiger partial charge in [0.15, 0.2) is 5.82 Å². The van der Waals surface area contributed by atoms with Crippen LogP contribution in [-0.4, -0.2) is 25.3 Å². The molecule has 1 N–H and O–H groups in total. The Morgan fingerprint density at radius 1 is 0.977 bits per heavy atom. The third-order valence-electron chi connectivity index (χ3n) is 7.01. The average molecular weight is 623 g/mol. The summed E-state index contributed by atoms with van der Waals surface area (Å²) in [5.41, 5.74) is 3.66. The maximum atomic E-state index is 15.7. The number of aryl methyl sites for hydroxylation is 2. The largest absolute Gasteiger partial charge is 1.00 e. The monoisotopic (exact) mass is 622 g/mol. The molecule has 3 aromatic carbocycles. The van der Waals surface area contributed by atoms with E-state index in [2.05, 4.69) is 14.7 Å². The van der Waals surface area contributed by atoms with Crippen LogP contribution in [-0.2, 0) is 19.4 Å². The molecule has 0 saturated carbocycles. The fourth-order valence-corrected chi connectivity index (χ4v) is 5.11. The van der Waals surface area contributed by atoms with Gasteiger partial charge in [-0.3, -0.25) is 18.9 Å². The summed E-state index contributed by atoms with van der Waals surface area (Å²) in [4.78, 5) is 33.1. The van der Waals surface area contributed by atoms with Gasteiger partial charge in [-0.25, -0.2) is 14.2 Å². The van der Waals surface area contributed by atoms with Gasteiger partial charge in [0.2, 0.25) is 0 Å². The summed E-state index contributed by atoms with van der Waals surface area (Å²) in [5, 5.41) is 3.78.